The van der Waals surface area contributed by atoms with Crippen LogP contribution in [0.2, 0.25) is 0 Å². The van der Waals surface area contributed by atoms with Crippen molar-refractivity contribution in [2.24, 2.45) is 5.73 Å². The molecule has 0 aromatic heterocycles. The van der Waals surface area contributed by atoms with Crippen molar-refractivity contribution in [1.82, 2.24) is 5.32 Å². The number of ether oxygens (including phenoxy) is 1. The average Bonchev–Trinajstić information content (AvgIpc) is 2.17. The molecular weight excluding hydrogens is 180 g/mol. The largest absolute Gasteiger partial charge is 0.381 e. The third-order valence-electron chi connectivity index (χ3n) is 2.33. The predicted octanol–water partition coefficient (Wildman–Crippen LogP) is -0.366. The first-order valence-electron chi connectivity index (χ1n) is 4.73. The fourth-order valence-electron chi connectivity index (χ4n) is 1.37. The van der Waals surface area contributed by atoms with Crippen molar-refractivity contribution in [2.75, 3.05) is 19.8 Å². The van der Waals surface area contributed by atoms with Gasteiger partial charge in [-0.25, -0.2) is 0 Å². The van der Waals surface area contributed by atoms with Crippen LogP contribution in [0.25, 0.3) is 0 Å². The summed E-state index contributed by atoms with van der Waals surface area (Å²) in [6.45, 7) is 3.45. The van der Waals surface area contributed by atoms with Gasteiger partial charge in [-0.2, -0.15) is 0 Å². The summed E-state index contributed by atoms with van der Waals surface area (Å²) in [5.41, 5.74) is 5.74. The van der Waals surface area contributed by atoms with Crippen LogP contribution in [0.5, 0.6) is 0 Å². The smallest absolute Gasteiger partial charge is 0.295 e. The molecule has 0 radical (unpaired) electrons. The van der Waals surface area contributed by atoms with Gasteiger partial charge >= 0.3 is 0 Å². The fourth-order valence-corrected chi connectivity index (χ4v) is 1.37. The molecule has 1 fully saturated rings. The van der Waals surface area contributed by atoms with E-state index in [1.165, 1.54) is 0 Å². The van der Waals surface area contributed by atoms with Gasteiger partial charge in [-0.15, -0.1) is 0 Å². The highest BCUT2D eigenvalue weighted by atomic mass is 16.5. The van der Waals surface area contributed by atoms with E-state index in [2.05, 4.69) is 17.2 Å². The minimum atomic E-state index is -0.316. The molecule has 78 valence electrons. The molecule has 1 rings (SSSR count). The number of hydrogen-bond donors (Lipinski definition) is 2. The van der Waals surface area contributed by atoms with Gasteiger partial charge in [-0.1, -0.05) is 5.92 Å². The maximum Gasteiger partial charge on any atom is 0.295 e. The Kier molecular flexibility index (Phi) is 3.93. The second-order valence-corrected chi connectivity index (χ2v) is 3.53. The molecule has 3 N–H and O–H groups in total. The summed E-state index contributed by atoms with van der Waals surface area (Å²) in [6.07, 6.45) is 1.57. The molecule has 0 aliphatic carbocycles. The maximum atomic E-state index is 11.1. The van der Waals surface area contributed by atoms with Gasteiger partial charge in [0.1, 0.15) is 0 Å². The van der Waals surface area contributed by atoms with E-state index in [1.54, 1.807) is 6.92 Å². The Morgan fingerprint density at radius 1 is 1.57 bits per heavy atom. The van der Waals surface area contributed by atoms with Crippen LogP contribution in [0, 0.1) is 11.8 Å². The third kappa shape index (κ3) is 3.36. The van der Waals surface area contributed by atoms with Gasteiger partial charge in [-0.05, 0) is 25.7 Å². The SMILES string of the molecule is CC#CC(=O)NCC1(N)CCOCC1. The zero-order chi connectivity index (χ0) is 10.4. The first kappa shape index (κ1) is 11.0. The lowest BCUT2D eigenvalue weighted by atomic mass is 9.91. The van der Waals surface area contributed by atoms with E-state index >= 15 is 0 Å². The molecule has 0 saturated carbocycles. The lowest BCUT2D eigenvalue weighted by Crippen LogP contribution is -2.53. The first-order valence-corrected chi connectivity index (χ1v) is 4.73. The van der Waals surface area contributed by atoms with E-state index < -0.39 is 0 Å². The molecule has 0 bridgehead atoms. The minimum absolute atomic E-state index is 0.260. The maximum absolute atomic E-state index is 11.1. The number of carbonyl (C=O) groups excluding carboxylic acids is 1. The van der Waals surface area contributed by atoms with Crippen molar-refractivity contribution in [3.63, 3.8) is 0 Å². The number of hydrogen-bond acceptors (Lipinski definition) is 3. The number of rotatable bonds is 2. The summed E-state index contributed by atoms with van der Waals surface area (Å²) in [5.74, 6) is 4.70. The van der Waals surface area contributed by atoms with Gasteiger partial charge in [0, 0.05) is 25.3 Å². The van der Waals surface area contributed by atoms with Crippen molar-refractivity contribution in [3.05, 3.63) is 0 Å². The van der Waals surface area contributed by atoms with Crippen molar-refractivity contribution >= 4 is 5.91 Å². The quantitative estimate of drug-likeness (QED) is 0.592. The monoisotopic (exact) mass is 196 g/mol. The highest BCUT2D eigenvalue weighted by molar-refractivity contribution is 5.93. The Morgan fingerprint density at radius 3 is 2.79 bits per heavy atom. The molecule has 14 heavy (non-hydrogen) atoms. The lowest BCUT2D eigenvalue weighted by molar-refractivity contribution is -0.116. The molecule has 0 spiro atoms. The molecule has 0 unspecified atom stereocenters. The zero-order valence-electron chi connectivity index (χ0n) is 8.43. The van der Waals surface area contributed by atoms with E-state index in [9.17, 15) is 4.79 Å². The Balaban J connectivity index is 2.34. The molecule has 1 saturated heterocycles. The second kappa shape index (κ2) is 4.99. The highest BCUT2D eigenvalue weighted by Gasteiger charge is 2.27. The fraction of sp³-hybridized carbons (Fsp3) is 0.700. The zero-order valence-corrected chi connectivity index (χ0v) is 8.43. The van der Waals surface area contributed by atoms with Crippen LogP contribution in [0.3, 0.4) is 0 Å². The summed E-state index contributed by atoms with van der Waals surface area (Å²) in [7, 11) is 0. The summed E-state index contributed by atoms with van der Waals surface area (Å²) in [5, 5.41) is 2.70. The number of nitrogens with two attached hydrogens (primary N) is 1. The second-order valence-electron chi connectivity index (χ2n) is 3.53. The predicted molar refractivity (Wildman–Crippen MR) is 53.4 cm³/mol. The Labute approximate surface area is 84.2 Å². The topological polar surface area (TPSA) is 64.4 Å². The molecule has 0 atom stereocenters. The van der Waals surface area contributed by atoms with Gasteiger partial charge in [0.2, 0.25) is 0 Å². The molecule has 4 nitrogen and oxygen atoms in total. The molecule has 1 heterocycles. The van der Waals surface area contributed by atoms with Crippen LogP contribution in [-0.4, -0.2) is 31.2 Å². The van der Waals surface area contributed by atoms with Crippen LogP contribution >= 0.6 is 0 Å². The number of nitrogens with one attached hydrogen (secondary N) is 1. The van der Waals surface area contributed by atoms with E-state index in [4.69, 9.17) is 10.5 Å². The van der Waals surface area contributed by atoms with Crippen molar-refractivity contribution in [3.8, 4) is 11.8 Å². The van der Waals surface area contributed by atoms with Crippen LogP contribution in [0.4, 0.5) is 0 Å². The normalized spacial score (nSPS) is 19.3. The summed E-state index contributed by atoms with van der Waals surface area (Å²) in [4.78, 5) is 11.1. The van der Waals surface area contributed by atoms with Gasteiger partial charge < -0.3 is 15.8 Å². The number of carbonyl (C=O) groups is 1. The van der Waals surface area contributed by atoms with Crippen molar-refractivity contribution in [2.45, 2.75) is 25.3 Å². The van der Waals surface area contributed by atoms with Gasteiger partial charge in [0.25, 0.3) is 5.91 Å². The average molecular weight is 196 g/mol. The molecule has 0 aromatic carbocycles. The summed E-state index contributed by atoms with van der Waals surface area (Å²) >= 11 is 0. The Bertz CT molecular complexity index is 259. The third-order valence-corrected chi connectivity index (χ3v) is 2.33. The summed E-state index contributed by atoms with van der Waals surface area (Å²) < 4.78 is 5.20. The van der Waals surface area contributed by atoms with E-state index in [1.807, 2.05) is 0 Å². The number of amides is 1. The van der Waals surface area contributed by atoms with E-state index in [-0.39, 0.29) is 11.4 Å². The van der Waals surface area contributed by atoms with E-state index in [0.717, 1.165) is 12.8 Å². The van der Waals surface area contributed by atoms with Crippen molar-refractivity contribution < 1.29 is 9.53 Å². The van der Waals surface area contributed by atoms with Gasteiger partial charge in [-0.3, -0.25) is 4.79 Å². The molecule has 4 heteroatoms. The first-order chi connectivity index (χ1) is 6.66. The Hall–Kier alpha value is -1.05. The van der Waals surface area contributed by atoms with Crippen LogP contribution < -0.4 is 11.1 Å². The molecular formula is C10H16N2O2. The standard InChI is InChI=1S/C10H16N2O2/c1-2-3-9(13)12-8-10(11)4-6-14-7-5-10/h4-8,11H2,1H3,(H,12,13). The minimum Gasteiger partial charge on any atom is -0.381 e. The molecule has 1 aliphatic heterocycles. The van der Waals surface area contributed by atoms with E-state index in [0.29, 0.717) is 19.8 Å². The highest BCUT2D eigenvalue weighted by Crippen LogP contribution is 2.16. The van der Waals surface area contributed by atoms with Crippen LogP contribution in [0.15, 0.2) is 0 Å². The molecule has 1 amide bonds. The lowest BCUT2D eigenvalue weighted by Gasteiger charge is -2.33. The molecule has 0 aromatic rings. The van der Waals surface area contributed by atoms with Gasteiger partial charge in [0.05, 0.1) is 0 Å². The van der Waals surface area contributed by atoms with Crippen LogP contribution in [-0.2, 0) is 9.53 Å². The Morgan fingerprint density at radius 2 is 2.21 bits per heavy atom. The molecule has 1 aliphatic rings. The van der Waals surface area contributed by atoms with Gasteiger partial charge in [0.15, 0.2) is 0 Å². The van der Waals surface area contributed by atoms with Crippen LogP contribution in [0.1, 0.15) is 19.8 Å². The summed E-state index contributed by atoms with van der Waals surface area (Å²) in [6, 6.07) is 0. The van der Waals surface area contributed by atoms with Crippen molar-refractivity contribution in [1.29, 1.82) is 0 Å².